The molecule has 0 bridgehead atoms. The molecule has 1 aromatic carbocycles. The van der Waals surface area contributed by atoms with Crippen LogP contribution in [-0.2, 0) is 7.05 Å². The monoisotopic (exact) mass is 381 g/mol. The zero-order valence-electron chi connectivity index (χ0n) is 15.6. The Kier molecular flexibility index (Phi) is 4.94. The molecule has 1 aliphatic heterocycles. The minimum atomic E-state index is -0.0692. The van der Waals surface area contributed by atoms with Crippen molar-refractivity contribution in [2.24, 2.45) is 7.05 Å². The molecule has 0 saturated carbocycles. The number of hydrogen-bond donors (Lipinski definition) is 1. The van der Waals surface area contributed by atoms with Crippen molar-refractivity contribution >= 4 is 23.1 Å². The average Bonchev–Trinajstić information content (AvgIpc) is 3.30. The van der Waals surface area contributed by atoms with Gasteiger partial charge in [-0.05, 0) is 38.3 Å². The zero-order chi connectivity index (χ0) is 18.8. The van der Waals surface area contributed by atoms with Crippen LogP contribution in [-0.4, -0.2) is 32.2 Å². The van der Waals surface area contributed by atoms with Crippen molar-refractivity contribution in [1.29, 1.82) is 0 Å². The molecule has 1 fully saturated rings. The summed E-state index contributed by atoms with van der Waals surface area (Å²) in [6.45, 7) is 2.74. The molecule has 1 atom stereocenters. The number of benzene rings is 1. The lowest BCUT2D eigenvalue weighted by Gasteiger charge is -2.35. The largest absolute Gasteiger partial charge is 0.322 e. The highest BCUT2D eigenvalue weighted by Crippen LogP contribution is 2.33. The van der Waals surface area contributed by atoms with Gasteiger partial charge in [-0.2, -0.15) is 5.10 Å². The minimum Gasteiger partial charge on any atom is -0.316 e. The van der Waals surface area contributed by atoms with Crippen molar-refractivity contribution in [2.45, 2.75) is 32.2 Å². The smallest absolute Gasteiger partial charge is 0.316 e. The Morgan fingerprint density at radius 3 is 2.85 bits per heavy atom. The summed E-state index contributed by atoms with van der Waals surface area (Å²) in [4.78, 5) is 19.6. The van der Waals surface area contributed by atoms with E-state index in [1.165, 1.54) is 0 Å². The van der Waals surface area contributed by atoms with Gasteiger partial charge >= 0.3 is 6.03 Å². The van der Waals surface area contributed by atoms with Crippen LogP contribution >= 0.6 is 11.3 Å². The predicted octanol–water partition coefficient (Wildman–Crippen LogP) is 4.61. The molecule has 27 heavy (non-hydrogen) atoms. The van der Waals surface area contributed by atoms with Gasteiger partial charge in [0, 0.05) is 30.7 Å². The van der Waals surface area contributed by atoms with Crippen LogP contribution in [0.4, 0.5) is 10.5 Å². The van der Waals surface area contributed by atoms with E-state index in [9.17, 15) is 4.79 Å². The summed E-state index contributed by atoms with van der Waals surface area (Å²) in [5, 5.41) is 10.4. The fraction of sp³-hybridized carbons (Fsp3) is 0.350. The third-order valence-electron chi connectivity index (χ3n) is 5.03. The number of thiazole rings is 1. The third kappa shape index (κ3) is 3.60. The maximum Gasteiger partial charge on any atom is 0.322 e. The van der Waals surface area contributed by atoms with Crippen molar-refractivity contribution in [1.82, 2.24) is 19.7 Å². The van der Waals surface area contributed by atoms with Crippen LogP contribution in [0.2, 0.25) is 0 Å². The molecule has 0 radical (unpaired) electrons. The topological polar surface area (TPSA) is 63.1 Å². The molecular weight excluding hydrogens is 358 g/mol. The zero-order valence-corrected chi connectivity index (χ0v) is 16.4. The lowest BCUT2D eigenvalue weighted by atomic mass is 9.99. The molecule has 2 amide bonds. The summed E-state index contributed by atoms with van der Waals surface area (Å²) in [6.07, 6.45) is 4.89. The quantitative estimate of drug-likeness (QED) is 0.720. The summed E-state index contributed by atoms with van der Waals surface area (Å²) in [5.41, 5.74) is 3.72. The van der Waals surface area contributed by atoms with Crippen LogP contribution in [0.3, 0.4) is 0 Å². The number of nitrogens with zero attached hydrogens (tertiary/aromatic N) is 4. The second-order valence-corrected chi connectivity index (χ2v) is 7.87. The van der Waals surface area contributed by atoms with Crippen molar-refractivity contribution in [3.63, 3.8) is 0 Å². The van der Waals surface area contributed by atoms with Crippen LogP contribution in [0, 0.1) is 6.92 Å². The molecule has 140 valence electrons. The maximum atomic E-state index is 13.1. The van der Waals surface area contributed by atoms with Gasteiger partial charge in [0.2, 0.25) is 0 Å². The Labute approximate surface area is 162 Å². The number of anilines is 1. The standard InChI is InChI=1S/C20H23N5OS/c1-14-22-17(13-27-14)15-7-3-4-8-16(15)23-20(26)25-12-6-5-9-19(25)18-10-11-21-24(18)2/h3-4,7-8,10-11,13,19H,5-6,9,12H2,1-2H3,(H,23,26). The number of nitrogens with one attached hydrogen (secondary N) is 1. The molecule has 0 spiro atoms. The Morgan fingerprint density at radius 1 is 1.26 bits per heavy atom. The van der Waals surface area contributed by atoms with Gasteiger partial charge in [-0.15, -0.1) is 11.3 Å². The van der Waals surface area contributed by atoms with Crippen LogP contribution < -0.4 is 5.32 Å². The van der Waals surface area contributed by atoms with Crippen LogP contribution in [0.25, 0.3) is 11.3 Å². The highest BCUT2D eigenvalue weighted by molar-refractivity contribution is 7.09. The SMILES string of the molecule is Cc1nc(-c2ccccc2NC(=O)N2CCCCC2c2ccnn2C)cs1. The number of rotatable bonds is 3. The Morgan fingerprint density at radius 2 is 2.11 bits per heavy atom. The van der Waals surface area contributed by atoms with Crippen LogP contribution in [0.1, 0.15) is 36.0 Å². The van der Waals surface area contributed by atoms with Gasteiger partial charge in [0.1, 0.15) is 0 Å². The number of carbonyl (C=O) groups excluding carboxylic acids is 1. The number of carbonyl (C=O) groups is 1. The average molecular weight is 382 g/mol. The van der Waals surface area contributed by atoms with E-state index in [-0.39, 0.29) is 12.1 Å². The maximum absolute atomic E-state index is 13.1. The summed E-state index contributed by atoms with van der Waals surface area (Å²) < 4.78 is 1.86. The molecule has 1 unspecified atom stereocenters. The molecule has 6 nitrogen and oxygen atoms in total. The number of urea groups is 1. The van der Waals surface area contributed by atoms with E-state index in [0.717, 1.165) is 53.5 Å². The number of hydrogen-bond acceptors (Lipinski definition) is 4. The van der Waals surface area contributed by atoms with Gasteiger partial charge in [0.05, 0.1) is 28.1 Å². The van der Waals surface area contributed by atoms with Gasteiger partial charge < -0.3 is 10.2 Å². The van der Waals surface area contributed by atoms with Gasteiger partial charge in [0.25, 0.3) is 0 Å². The number of para-hydroxylation sites is 1. The highest BCUT2D eigenvalue weighted by atomic mass is 32.1. The first-order valence-corrected chi connectivity index (χ1v) is 10.1. The van der Waals surface area contributed by atoms with Crippen molar-refractivity contribution in [2.75, 3.05) is 11.9 Å². The molecule has 1 N–H and O–H groups in total. The molecule has 3 aromatic rings. The van der Waals surface area contributed by atoms with Gasteiger partial charge in [0.15, 0.2) is 0 Å². The lowest BCUT2D eigenvalue weighted by molar-refractivity contribution is 0.159. The number of piperidine rings is 1. The van der Waals surface area contributed by atoms with E-state index in [0.29, 0.717) is 0 Å². The first-order chi connectivity index (χ1) is 13.1. The van der Waals surface area contributed by atoms with E-state index in [4.69, 9.17) is 0 Å². The second-order valence-electron chi connectivity index (χ2n) is 6.81. The van der Waals surface area contributed by atoms with E-state index in [1.807, 2.05) is 59.3 Å². The number of likely N-dealkylation sites (tertiary alicyclic amines) is 1. The molecule has 1 saturated heterocycles. The van der Waals surface area contributed by atoms with E-state index in [2.05, 4.69) is 15.4 Å². The molecule has 3 heterocycles. The third-order valence-corrected chi connectivity index (χ3v) is 5.80. The Hall–Kier alpha value is -2.67. The van der Waals surface area contributed by atoms with E-state index in [1.54, 1.807) is 17.5 Å². The first kappa shape index (κ1) is 17.7. The van der Waals surface area contributed by atoms with Gasteiger partial charge in [-0.1, -0.05) is 18.2 Å². The van der Waals surface area contributed by atoms with E-state index < -0.39 is 0 Å². The molecule has 7 heteroatoms. The normalized spacial score (nSPS) is 17.1. The summed E-state index contributed by atoms with van der Waals surface area (Å²) >= 11 is 1.61. The Bertz CT molecular complexity index is 947. The number of aryl methyl sites for hydroxylation is 2. The van der Waals surface area contributed by atoms with Crippen molar-refractivity contribution < 1.29 is 4.79 Å². The fourth-order valence-electron chi connectivity index (χ4n) is 3.68. The molecule has 1 aliphatic rings. The van der Waals surface area contributed by atoms with Gasteiger partial charge in [-0.3, -0.25) is 4.68 Å². The highest BCUT2D eigenvalue weighted by Gasteiger charge is 2.30. The molecule has 0 aliphatic carbocycles. The number of amides is 2. The van der Waals surface area contributed by atoms with Crippen LogP contribution in [0.15, 0.2) is 41.9 Å². The fourth-order valence-corrected chi connectivity index (χ4v) is 4.30. The second kappa shape index (κ2) is 7.52. The summed E-state index contributed by atoms with van der Waals surface area (Å²) in [7, 11) is 1.93. The summed E-state index contributed by atoms with van der Waals surface area (Å²) in [6, 6.07) is 9.83. The van der Waals surface area contributed by atoms with Gasteiger partial charge in [-0.25, -0.2) is 9.78 Å². The molecular formula is C20H23N5OS. The number of aromatic nitrogens is 3. The predicted molar refractivity (Wildman–Crippen MR) is 108 cm³/mol. The summed E-state index contributed by atoms with van der Waals surface area (Å²) in [5.74, 6) is 0. The van der Waals surface area contributed by atoms with Crippen LogP contribution in [0.5, 0.6) is 0 Å². The molecule has 4 rings (SSSR count). The lowest BCUT2D eigenvalue weighted by Crippen LogP contribution is -2.41. The molecule has 2 aromatic heterocycles. The minimum absolute atomic E-state index is 0.0555. The van der Waals surface area contributed by atoms with E-state index >= 15 is 0 Å². The Balaban J connectivity index is 1.59. The van der Waals surface area contributed by atoms with Crippen molar-refractivity contribution in [3.05, 3.63) is 52.6 Å². The van der Waals surface area contributed by atoms with Crippen molar-refractivity contribution in [3.8, 4) is 11.3 Å². The first-order valence-electron chi connectivity index (χ1n) is 9.20.